The van der Waals surface area contributed by atoms with Crippen LogP contribution in [0.3, 0.4) is 0 Å². The molecule has 0 atom stereocenters. The van der Waals surface area contributed by atoms with Crippen molar-refractivity contribution >= 4 is 51.0 Å². The molecule has 4 rings (SSSR count). The number of hydrogen-bond acceptors (Lipinski definition) is 5. The van der Waals surface area contributed by atoms with E-state index < -0.39 is 0 Å². The number of nitrogens with zero attached hydrogens (tertiary/aromatic N) is 2. The monoisotopic (exact) mass is 459 g/mol. The maximum absolute atomic E-state index is 13.2. The Bertz CT molecular complexity index is 1040. The van der Waals surface area contributed by atoms with Crippen molar-refractivity contribution in [2.24, 2.45) is 0 Å². The van der Waals surface area contributed by atoms with E-state index in [0.717, 1.165) is 48.2 Å². The number of carbonyl (C=O) groups is 1. The Morgan fingerprint density at radius 3 is 2.13 bits per heavy atom. The van der Waals surface area contributed by atoms with Gasteiger partial charge >= 0.3 is 0 Å². The van der Waals surface area contributed by atoms with Gasteiger partial charge in [0.05, 0.1) is 10.6 Å². The first-order chi connectivity index (χ1) is 14.4. The lowest BCUT2D eigenvalue weighted by molar-refractivity contribution is 0.103. The smallest absolute Gasteiger partial charge is 0.196 e. The maximum atomic E-state index is 13.2. The third kappa shape index (κ3) is 4.49. The molecule has 30 heavy (non-hydrogen) atoms. The second-order valence-electron chi connectivity index (χ2n) is 7.45. The number of halogens is 2. The largest absolute Gasteiger partial charge is 0.390 e. The number of nitrogen functional groups attached to an aromatic ring is 1. The van der Waals surface area contributed by atoms with Gasteiger partial charge in [0.1, 0.15) is 0 Å². The number of anilines is 2. The van der Waals surface area contributed by atoms with Gasteiger partial charge in [-0.1, -0.05) is 23.2 Å². The van der Waals surface area contributed by atoms with Crippen LogP contribution in [-0.2, 0) is 6.54 Å². The standard InChI is InChI=1S/C23H23Cl2N3OS/c1-15-20(21(23(26)30-15)22(29)16-2-4-17(24)5-3-16)14-27-10-12-28(13-11-27)19-8-6-18(25)7-9-19/h2-9H,10-14,26H2,1H3. The fourth-order valence-electron chi connectivity index (χ4n) is 3.83. The zero-order valence-corrected chi connectivity index (χ0v) is 19.0. The highest BCUT2D eigenvalue weighted by molar-refractivity contribution is 7.16. The molecular weight excluding hydrogens is 437 g/mol. The summed E-state index contributed by atoms with van der Waals surface area (Å²) >= 11 is 13.5. The van der Waals surface area contributed by atoms with E-state index >= 15 is 0 Å². The Kier molecular flexibility index (Phi) is 6.34. The Morgan fingerprint density at radius 1 is 0.967 bits per heavy atom. The van der Waals surface area contributed by atoms with E-state index in [2.05, 4.69) is 21.9 Å². The van der Waals surface area contributed by atoms with Crippen LogP contribution < -0.4 is 10.6 Å². The van der Waals surface area contributed by atoms with Gasteiger partial charge in [-0.2, -0.15) is 0 Å². The van der Waals surface area contributed by atoms with Gasteiger partial charge in [-0.3, -0.25) is 9.69 Å². The SMILES string of the molecule is Cc1sc(N)c(C(=O)c2ccc(Cl)cc2)c1CN1CCN(c2ccc(Cl)cc2)CC1. The molecule has 1 aliphatic rings. The van der Waals surface area contributed by atoms with Crippen LogP contribution in [0.2, 0.25) is 10.0 Å². The second kappa shape index (κ2) is 8.98. The molecule has 3 aromatic rings. The minimum atomic E-state index is -0.0386. The normalized spacial score (nSPS) is 14.8. The molecule has 1 aromatic heterocycles. The Morgan fingerprint density at radius 2 is 1.53 bits per heavy atom. The van der Waals surface area contributed by atoms with Gasteiger partial charge in [0.25, 0.3) is 0 Å². The maximum Gasteiger partial charge on any atom is 0.196 e. The van der Waals surface area contributed by atoms with Gasteiger partial charge in [0.15, 0.2) is 5.78 Å². The Hall–Kier alpha value is -2.05. The van der Waals surface area contributed by atoms with Crippen molar-refractivity contribution in [2.45, 2.75) is 13.5 Å². The number of nitrogens with two attached hydrogens (primary N) is 1. The zero-order valence-electron chi connectivity index (χ0n) is 16.7. The second-order valence-corrected chi connectivity index (χ2v) is 9.58. The highest BCUT2D eigenvalue weighted by Crippen LogP contribution is 2.34. The van der Waals surface area contributed by atoms with Gasteiger partial charge < -0.3 is 10.6 Å². The fourth-order valence-corrected chi connectivity index (χ4v) is 5.02. The van der Waals surface area contributed by atoms with Gasteiger partial charge in [-0.25, -0.2) is 0 Å². The molecule has 7 heteroatoms. The lowest BCUT2D eigenvalue weighted by Gasteiger charge is -2.36. The summed E-state index contributed by atoms with van der Waals surface area (Å²) < 4.78 is 0. The molecule has 1 aliphatic heterocycles. The van der Waals surface area contributed by atoms with Crippen LogP contribution in [0.4, 0.5) is 10.7 Å². The van der Waals surface area contributed by atoms with Crippen LogP contribution in [0.5, 0.6) is 0 Å². The highest BCUT2D eigenvalue weighted by atomic mass is 35.5. The van der Waals surface area contributed by atoms with Gasteiger partial charge in [0.2, 0.25) is 0 Å². The summed E-state index contributed by atoms with van der Waals surface area (Å²) in [7, 11) is 0. The van der Waals surface area contributed by atoms with Crippen molar-refractivity contribution in [2.75, 3.05) is 36.8 Å². The first-order valence-electron chi connectivity index (χ1n) is 9.83. The molecule has 0 bridgehead atoms. The van der Waals surface area contributed by atoms with E-state index in [1.165, 1.54) is 17.0 Å². The molecular formula is C23H23Cl2N3OS. The van der Waals surface area contributed by atoms with E-state index in [1.807, 2.05) is 19.1 Å². The van der Waals surface area contributed by atoms with Crippen LogP contribution in [0, 0.1) is 6.92 Å². The third-order valence-electron chi connectivity index (χ3n) is 5.52. The molecule has 0 saturated carbocycles. The number of piperazine rings is 1. The zero-order chi connectivity index (χ0) is 21.3. The average molecular weight is 460 g/mol. The summed E-state index contributed by atoms with van der Waals surface area (Å²) in [6.07, 6.45) is 0. The fraction of sp³-hybridized carbons (Fsp3) is 0.261. The number of thiophene rings is 1. The number of hydrogen-bond donors (Lipinski definition) is 1. The van der Waals surface area contributed by atoms with Crippen molar-refractivity contribution in [1.82, 2.24) is 4.90 Å². The summed E-state index contributed by atoms with van der Waals surface area (Å²) in [6.45, 7) is 6.47. The summed E-state index contributed by atoms with van der Waals surface area (Å²) in [5, 5.41) is 1.95. The molecule has 2 aromatic carbocycles. The number of rotatable bonds is 5. The Balaban J connectivity index is 1.48. The van der Waals surface area contributed by atoms with E-state index in [1.54, 1.807) is 24.3 Å². The van der Waals surface area contributed by atoms with E-state index in [9.17, 15) is 4.79 Å². The topological polar surface area (TPSA) is 49.6 Å². The highest BCUT2D eigenvalue weighted by Gasteiger charge is 2.25. The number of ketones is 1. The molecule has 2 N–H and O–H groups in total. The van der Waals surface area contributed by atoms with E-state index in [4.69, 9.17) is 28.9 Å². The lowest BCUT2D eigenvalue weighted by atomic mass is 9.99. The van der Waals surface area contributed by atoms with Crippen LogP contribution >= 0.6 is 34.5 Å². The number of carbonyl (C=O) groups excluding carboxylic acids is 1. The summed E-state index contributed by atoms with van der Waals surface area (Å²) in [6, 6.07) is 15.0. The molecule has 0 radical (unpaired) electrons. The molecule has 1 saturated heterocycles. The van der Waals surface area contributed by atoms with Crippen molar-refractivity contribution < 1.29 is 4.79 Å². The molecule has 0 unspecified atom stereocenters. The summed E-state index contributed by atoms with van der Waals surface area (Å²) in [5.41, 5.74) is 9.74. The molecule has 2 heterocycles. The molecule has 156 valence electrons. The average Bonchev–Trinajstić information content (AvgIpc) is 3.02. The third-order valence-corrected chi connectivity index (χ3v) is 7.00. The van der Waals surface area contributed by atoms with Crippen LogP contribution in [0.25, 0.3) is 0 Å². The van der Waals surface area contributed by atoms with Gasteiger partial charge in [-0.05, 0) is 61.0 Å². The molecule has 0 spiro atoms. The first-order valence-corrected chi connectivity index (χ1v) is 11.4. The van der Waals surface area contributed by atoms with Crippen molar-refractivity contribution in [1.29, 1.82) is 0 Å². The van der Waals surface area contributed by atoms with Crippen LogP contribution in [-0.4, -0.2) is 36.9 Å². The van der Waals surface area contributed by atoms with Crippen molar-refractivity contribution in [3.63, 3.8) is 0 Å². The van der Waals surface area contributed by atoms with Crippen molar-refractivity contribution in [3.05, 3.63) is 80.1 Å². The van der Waals surface area contributed by atoms with E-state index in [0.29, 0.717) is 21.2 Å². The number of aryl methyl sites for hydroxylation is 1. The minimum absolute atomic E-state index is 0.0386. The van der Waals surface area contributed by atoms with Gasteiger partial charge in [0, 0.05) is 58.9 Å². The van der Waals surface area contributed by atoms with E-state index in [-0.39, 0.29) is 5.78 Å². The predicted molar refractivity (Wildman–Crippen MR) is 127 cm³/mol. The lowest BCUT2D eigenvalue weighted by Crippen LogP contribution is -2.46. The number of benzene rings is 2. The minimum Gasteiger partial charge on any atom is -0.390 e. The molecule has 0 amide bonds. The first kappa shape index (κ1) is 21.2. The summed E-state index contributed by atoms with van der Waals surface area (Å²) in [5.74, 6) is -0.0386. The van der Waals surface area contributed by atoms with Crippen molar-refractivity contribution in [3.8, 4) is 0 Å². The Labute approximate surface area is 190 Å². The summed E-state index contributed by atoms with van der Waals surface area (Å²) in [4.78, 5) is 19.0. The van der Waals surface area contributed by atoms with Crippen LogP contribution in [0.15, 0.2) is 48.5 Å². The predicted octanol–water partition coefficient (Wildman–Crippen LogP) is 5.50. The molecule has 4 nitrogen and oxygen atoms in total. The van der Waals surface area contributed by atoms with Crippen LogP contribution in [0.1, 0.15) is 26.4 Å². The molecule has 1 fully saturated rings. The quantitative estimate of drug-likeness (QED) is 0.511. The van der Waals surface area contributed by atoms with Gasteiger partial charge in [-0.15, -0.1) is 11.3 Å². The molecule has 0 aliphatic carbocycles.